The van der Waals surface area contributed by atoms with Crippen LogP contribution in [0.2, 0.25) is 0 Å². The van der Waals surface area contributed by atoms with E-state index in [0.29, 0.717) is 5.82 Å². The molecular formula is C10H11N5. The fourth-order valence-electron chi connectivity index (χ4n) is 1.29. The van der Waals surface area contributed by atoms with Gasteiger partial charge in [-0.25, -0.2) is 4.98 Å². The summed E-state index contributed by atoms with van der Waals surface area (Å²) in [5.41, 5.74) is 1.69. The Morgan fingerprint density at radius 3 is 2.53 bits per heavy atom. The number of anilines is 1. The fourth-order valence-corrected chi connectivity index (χ4v) is 1.29. The highest BCUT2D eigenvalue weighted by Gasteiger charge is 2.07. The van der Waals surface area contributed by atoms with Gasteiger partial charge in [0.15, 0.2) is 5.82 Å². The maximum absolute atomic E-state index is 4.26. The van der Waals surface area contributed by atoms with Gasteiger partial charge in [0.1, 0.15) is 11.5 Å². The van der Waals surface area contributed by atoms with E-state index in [9.17, 15) is 0 Å². The van der Waals surface area contributed by atoms with Crippen LogP contribution < -0.4 is 5.32 Å². The van der Waals surface area contributed by atoms with Gasteiger partial charge in [-0.3, -0.25) is 4.98 Å². The molecule has 0 spiro atoms. The van der Waals surface area contributed by atoms with Crippen molar-refractivity contribution in [1.82, 2.24) is 20.2 Å². The second-order valence-electron chi connectivity index (χ2n) is 3.04. The van der Waals surface area contributed by atoms with Crippen molar-refractivity contribution < 1.29 is 0 Å². The van der Waals surface area contributed by atoms with Crippen LogP contribution in [0, 0.1) is 6.92 Å². The fraction of sp³-hybridized carbons (Fsp3) is 0.200. The van der Waals surface area contributed by atoms with Crippen LogP contribution in [0.4, 0.5) is 5.82 Å². The van der Waals surface area contributed by atoms with Gasteiger partial charge in [0.2, 0.25) is 0 Å². The van der Waals surface area contributed by atoms with Gasteiger partial charge in [0, 0.05) is 25.0 Å². The van der Waals surface area contributed by atoms with E-state index in [2.05, 4.69) is 25.5 Å². The highest BCUT2D eigenvalue weighted by atomic mass is 15.2. The maximum Gasteiger partial charge on any atom is 0.156 e. The van der Waals surface area contributed by atoms with E-state index in [4.69, 9.17) is 0 Å². The summed E-state index contributed by atoms with van der Waals surface area (Å²) in [5, 5.41) is 11.1. The Balaban J connectivity index is 2.53. The molecule has 0 radical (unpaired) electrons. The number of pyridine rings is 1. The lowest BCUT2D eigenvalue weighted by Gasteiger charge is -2.06. The third kappa shape index (κ3) is 1.90. The summed E-state index contributed by atoms with van der Waals surface area (Å²) in [4.78, 5) is 8.22. The van der Waals surface area contributed by atoms with Crippen LogP contribution in [-0.2, 0) is 0 Å². The molecule has 0 fully saturated rings. The molecule has 0 atom stereocenters. The van der Waals surface area contributed by atoms with E-state index in [1.807, 2.05) is 26.1 Å². The van der Waals surface area contributed by atoms with Gasteiger partial charge < -0.3 is 5.32 Å². The van der Waals surface area contributed by atoms with Gasteiger partial charge in [-0.15, -0.1) is 10.2 Å². The Morgan fingerprint density at radius 1 is 1.13 bits per heavy atom. The van der Waals surface area contributed by atoms with Gasteiger partial charge in [-0.1, -0.05) is 0 Å². The largest absolute Gasteiger partial charge is 0.371 e. The van der Waals surface area contributed by atoms with Gasteiger partial charge in [-0.05, 0) is 19.1 Å². The van der Waals surface area contributed by atoms with Crippen LogP contribution in [-0.4, -0.2) is 27.2 Å². The standard InChI is InChI=1S/C10H11N5/c1-7-13-10(11-2)9(15-14-7)8-3-5-12-6-4-8/h3-6H,1-2H3,(H,11,13,14). The molecule has 76 valence electrons. The molecule has 2 rings (SSSR count). The Hall–Kier alpha value is -2.04. The Labute approximate surface area is 87.6 Å². The first-order valence-electron chi connectivity index (χ1n) is 4.60. The molecule has 0 aliphatic rings. The summed E-state index contributed by atoms with van der Waals surface area (Å²) in [7, 11) is 1.81. The molecule has 5 nitrogen and oxygen atoms in total. The van der Waals surface area contributed by atoms with Crippen molar-refractivity contribution in [2.24, 2.45) is 0 Å². The van der Waals surface area contributed by atoms with Crippen LogP contribution in [0.3, 0.4) is 0 Å². The third-order valence-electron chi connectivity index (χ3n) is 1.98. The number of aryl methyl sites for hydroxylation is 1. The van der Waals surface area contributed by atoms with Crippen molar-refractivity contribution in [1.29, 1.82) is 0 Å². The molecule has 0 unspecified atom stereocenters. The highest BCUT2D eigenvalue weighted by molar-refractivity contribution is 5.70. The molecule has 2 aromatic heterocycles. The van der Waals surface area contributed by atoms with Crippen molar-refractivity contribution in [3.8, 4) is 11.3 Å². The molecule has 0 aliphatic carbocycles. The Kier molecular flexibility index (Phi) is 2.53. The summed E-state index contributed by atoms with van der Waals surface area (Å²) in [6.45, 7) is 1.81. The molecule has 0 aliphatic heterocycles. The van der Waals surface area contributed by atoms with Crippen LogP contribution in [0.15, 0.2) is 24.5 Å². The lowest BCUT2D eigenvalue weighted by molar-refractivity contribution is 0.916. The van der Waals surface area contributed by atoms with E-state index in [0.717, 1.165) is 17.1 Å². The maximum atomic E-state index is 4.26. The minimum Gasteiger partial charge on any atom is -0.371 e. The third-order valence-corrected chi connectivity index (χ3v) is 1.98. The van der Waals surface area contributed by atoms with E-state index >= 15 is 0 Å². The molecule has 2 heterocycles. The average molecular weight is 201 g/mol. The topological polar surface area (TPSA) is 63.6 Å². The predicted octanol–water partition coefficient (Wildman–Crippen LogP) is 1.28. The number of hydrogen-bond donors (Lipinski definition) is 1. The SMILES string of the molecule is CNc1nc(C)nnc1-c1ccncc1. The number of nitrogens with zero attached hydrogens (tertiary/aromatic N) is 4. The average Bonchev–Trinajstić information content (AvgIpc) is 2.30. The van der Waals surface area contributed by atoms with E-state index in [1.54, 1.807) is 12.4 Å². The first-order chi connectivity index (χ1) is 7.31. The number of hydrogen-bond acceptors (Lipinski definition) is 5. The summed E-state index contributed by atoms with van der Waals surface area (Å²) in [6.07, 6.45) is 3.44. The predicted molar refractivity (Wildman–Crippen MR) is 57.3 cm³/mol. The van der Waals surface area contributed by atoms with Crippen molar-refractivity contribution in [3.05, 3.63) is 30.4 Å². The lowest BCUT2D eigenvalue weighted by Crippen LogP contribution is -2.02. The molecule has 15 heavy (non-hydrogen) atoms. The molecule has 0 saturated carbocycles. The molecule has 0 bridgehead atoms. The molecule has 0 aromatic carbocycles. The van der Waals surface area contributed by atoms with Crippen LogP contribution in [0.1, 0.15) is 5.82 Å². The Bertz CT molecular complexity index is 455. The highest BCUT2D eigenvalue weighted by Crippen LogP contribution is 2.21. The smallest absolute Gasteiger partial charge is 0.156 e. The molecule has 0 amide bonds. The van der Waals surface area contributed by atoms with Crippen molar-refractivity contribution in [2.45, 2.75) is 6.92 Å². The second kappa shape index (κ2) is 4.00. The zero-order valence-corrected chi connectivity index (χ0v) is 8.60. The zero-order chi connectivity index (χ0) is 10.7. The van der Waals surface area contributed by atoms with Crippen LogP contribution in [0.5, 0.6) is 0 Å². The summed E-state index contributed by atoms with van der Waals surface area (Å²) < 4.78 is 0. The Morgan fingerprint density at radius 2 is 1.87 bits per heavy atom. The normalized spacial score (nSPS) is 10.0. The van der Waals surface area contributed by atoms with Crippen LogP contribution >= 0.6 is 0 Å². The van der Waals surface area contributed by atoms with E-state index < -0.39 is 0 Å². The van der Waals surface area contributed by atoms with Crippen LogP contribution in [0.25, 0.3) is 11.3 Å². The van der Waals surface area contributed by atoms with Gasteiger partial charge in [0.25, 0.3) is 0 Å². The first-order valence-corrected chi connectivity index (χ1v) is 4.60. The first kappa shape index (κ1) is 9.51. The van der Waals surface area contributed by atoms with Crippen molar-refractivity contribution in [2.75, 3.05) is 12.4 Å². The number of aromatic nitrogens is 4. The van der Waals surface area contributed by atoms with Gasteiger partial charge in [0.05, 0.1) is 0 Å². The molecule has 1 N–H and O–H groups in total. The number of rotatable bonds is 2. The minimum atomic E-state index is 0.650. The summed E-state index contributed by atoms with van der Waals surface area (Å²) in [6, 6.07) is 3.75. The molecule has 0 saturated heterocycles. The minimum absolute atomic E-state index is 0.650. The van der Waals surface area contributed by atoms with Crippen molar-refractivity contribution in [3.63, 3.8) is 0 Å². The zero-order valence-electron chi connectivity index (χ0n) is 8.60. The second-order valence-corrected chi connectivity index (χ2v) is 3.04. The summed E-state index contributed by atoms with van der Waals surface area (Å²) in [5.74, 6) is 1.38. The van der Waals surface area contributed by atoms with Crippen molar-refractivity contribution >= 4 is 5.82 Å². The summed E-state index contributed by atoms with van der Waals surface area (Å²) >= 11 is 0. The van der Waals surface area contributed by atoms with E-state index in [-0.39, 0.29) is 0 Å². The van der Waals surface area contributed by atoms with Gasteiger partial charge >= 0.3 is 0 Å². The molecular weight excluding hydrogens is 190 g/mol. The molecule has 2 aromatic rings. The quantitative estimate of drug-likeness (QED) is 0.793. The van der Waals surface area contributed by atoms with Gasteiger partial charge in [-0.2, -0.15) is 0 Å². The lowest BCUT2D eigenvalue weighted by atomic mass is 10.2. The monoisotopic (exact) mass is 201 g/mol. The number of nitrogens with one attached hydrogen (secondary N) is 1. The molecule has 5 heteroatoms. The van der Waals surface area contributed by atoms with E-state index in [1.165, 1.54) is 0 Å².